The average Bonchev–Trinajstić information content (AvgIpc) is 2.65. The molecule has 134 valence electrons. The third-order valence-electron chi connectivity index (χ3n) is 5.21. The molecule has 0 aromatic heterocycles. The fraction of sp³-hybridized carbons (Fsp3) is 0.455. The van der Waals surface area contributed by atoms with Crippen molar-refractivity contribution in [2.24, 2.45) is 5.92 Å². The molecular weight excluding hydrogens is 346 g/mol. The second kappa shape index (κ2) is 9.66. The van der Waals surface area contributed by atoms with Gasteiger partial charge in [0.2, 0.25) is 0 Å². The Balaban J connectivity index is 1.44. The van der Waals surface area contributed by atoms with Crippen molar-refractivity contribution in [3.05, 3.63) is 64.7 Å². The first-order valence-corrected chi connectivity index (χ1v) is 10.9. The number of piperidine rings is 1. The quantitative estimate of drug-likeness (QED) is 0.551. The summed E-state index contributed by atoms with van der Waals surface area (Å²) in [4.78, 5) is 4.00. The van der Waals surface area contributed by atoms with Crippen molar-refractivity contribution in [1.29, 1.82) is 0 Å². The largest absolute Gasteiger partial charge is 0.303 e. The van der Waals surface area contributed by atoms with Crippen LogP contribution in [0.25, 0.3) is 0 Å². The first kappa shape index (κ1) is 18.8. The second-order valence-electron chi connectivity index (χ2n) is 7.08. The van der Waals surface area contributed by atoms with Gasteiger partial charge in [-0.1, -0.05) is 35.9 Å². The highest BCUT2D eigenvalue weighted by Crippen LogP contribution is 2.23. The number of hydrogen-bond donors (Lipinski definition) is 0. The molecular formula is C22H28ClNS. The molecule has 1 unspecified atom stereocenters. The van der Waals surface area contributed by atoms with E-state index in [0.29, 0.717) is 0 Å². The third kappa shape index (κ3) is 6.06. The molecule has 0 spiro atoms. The van der Waals surface area contributed by atoms with Gasteiger partial charge < -0.3 is 4.90 Å². The monoisotopic (exact) mass is 373 g/mol. The minimum Gasteiger partial charge on any atom is -0.303 e. The topological polar surface area (TPSA) is 3.24 Å². The Labute approximate surface area is 161 Å². The maximum absolute atomic E-state index is 6.09. The summed E-state index contributed by atoms with van der Waals surface area (Å²) >= 11 is 7.91. The summed E-state index contributed by atoms with van der Waals surface area (Å²) < 4.78 is 0. The number of benzene rings is 2. The molecule has 3 rings (SSSR count). The maximum Gasteiger partial charge on any atom is 0.0408 e. The smallest absolute Gasteiger partial charge is 0.0408 e. The van der Waals surface area contributed by atoms with Crippen molar-refractivity contribution >= 4 is 23.4 Å². The normalized spacial score (nSPS) is 18.4. The molecule has 0 radical (unpaired) electrons. The van der Waals surface area contributed by atoms with Gasteiger partial charge in [-0.05, 0) is 86.2 Å². The van der Waals surface area contributed by atoms with Crippen molar-refractivity contribution in [3.8, 4) is 0 Å². The van der Waals surface area contributed by atoms with E-state index in [9.17, 15) is 0 Å². The summed E-state index contributed by atoms with van der Waals surface area (Å²) in [6.07, 6.45) is 8.48. The summed E-state index contributed by atoms with van der Waals surface area (Å²) in [5.74, 6) is 0.841. The van der Waals surface area contributed by atoms with Gasteiger partial charge in [0.1, 0.15) is 0 Å². The van der Waals surface area contributed by atoms with Crippen LogP contribution < -0.4 is 0 Å². The summed E-state index contributed by atoms with van der Waals surface area (Å²) in [6, 6.07) is 17.4. The Morgan fingerprint density at radius 2 is 1.92 bits per heavy atom. The molecule has 1 aliphatic rings. The van der Waals surface area contributed by atoms with E-state index in [0.717, 1.165) is 23.9 Å². The van der Waals surface area contributed by atoms with Gasteiger partial charge in [-0.25, -0.2) is 0 Å². The molecule has 1 fully saturated rings. The molecule has 2 aromatic carbocycles. The molecule has 3 heteroatoms. The fourth-order valence-corrected chi connectivity index (χ4v) is 4.35. The SMILES string of the molecule is CSc1ccc(CCC2CCCN(CCc3cccc(Cl)c3)C2)cc1. The number of nitrogens with zero attached hydrogens (tertiary/aromatic N) is 1. The van der Waals surface area contributed by atoms with Gasteiger partial charge in [-0.2, -0.15) is 0 Å². The standard InChI is InChI=1S/C22H28ClNS/c1-25-22-11-9-18(10-12-22)7-8-20-5-3-14-24(17-20)15-13-19-4-2-6-21(23)16-19/h2,4,6,9-12,16,20H,3,5,7-8,13-15,17H2,1H3. The zero-order chi connectivity index (χ0) is 17.5. The Morgan fingerprint density at radius 1 is 1.08 bits per heavy atom. The van der Waals surface area contributed by atoms with Gasteiger partial charge in [-0.3, -0.25) is 0 Å². The molecule has 0 saturated carbocycles. The molecule has 1 saturated heterocycles. The molecule has 1 atom stereocenters. The lowest BCUT2D eigenvalue weighted by Crippen LogP contribution is -2.36. The Hall–Kier alpha value is -0.960. The number of aryl methyl sites for hydroxylation is 1. The minimum absolute atomic E-state index is 0.841. The van der Waals surface area contributed by atoms with Crippen LogP contribution in [0.15, 0.2) is 53.4 Å². The first-order valence-electron chi connectivity index (χ1n) is 9.32. The van der Waals surface area contributed by atoms with Gasteiger partial charge in [0.05, 0.1) is 0 Å². The third-order valence-corrected chi connectivity index (χ3v) is 6.19. The minimum atomic E-state index is 0.841. The van der Waals surface area contributed by atoms with E-state index in [1.807, 2.05) is 17.8 Å². The number of halogens is 1. The Bertz CT molecular complexity index is 655. The van der Waals surface area contributed by atoms with Crippen LogP contribution >= 0.6 is 23.4 Å². The molecule has 25 heavy (non-hydrogen) atoms. The Morgan fingerprint density at radius 3 is 2.68 bits per heavy atom. The van der Waals surface area contributed by atoms with E-state index in [1.54, 1.807) is 0 Å². The van der Waals surface area contributed by atoms with E-state index < -0.39 is 0 Å². The van der Waals surface area contributed by atoms with Crippen LogP contribution in [-0.4, -0.2) is 30.8 Å². The molecule has 1 heterocycles. The highest BCUT2D eigenvalue weighted by Gasteiger charge is 2.19. The molecule has 1 nitrogen and oxygen atoms in total. The van der Waals surface area contributed by atoms with Gasteiger partial charge in [0.15, 0.2) is 0 Å². The Kier molecular flexibility index (Phi) is 7.27. The van der Waals surface area contributed by atoms with Crippen molar-refractivity contribution in [2.45, 2.75) is 37.0 Å². The number of likely N-dealkylation sites (tertiary alicyclic amines) is 1. The predicted octanol–water partition coefficient (Wildman–Crippen LogP) is 5.95. The second-order valence-corrected chi connectivity index (χ2v) is 8.39. The maximum atomic E-state index is 6.09. The molecule has 2 aromatic rings. The molecule has 0 bridgehead atoms. The van der Waals surface area contributed by atoms with Crippen molar-refractivity contribution < 1.29 is 0 Å². The van der Waals surface area contributed by atoms with Crippen LogP contribution in [-0.2, 0) is 12.8 Å². The van der Waals surface area contributed by atoms with Gasteiger partial charge in [0, 0.05) is 23.0 Å². The van der Waals surface area contributed by atoms with Crippen molar-refractivity contribution in [3.63, 3.8) is 0 Å². The summed E-state index contributed by atoms with van der Waals surface area (Å²) in [5, 5.41) is 0.849. The van der Waals surface area contributed by atoms with Crippen molar-refractivity contribution in [1.82, 2.24) is 4.90 Å². The van der Waals surface area contributed by atoms with Crippen LogP contribution in [0.4, 0.5) is 0 Å². The highest BCUT2D eigenvalue weighted by atomic mass is 35.5. The van der Waals surface area contributed by atoms with Crippen LogP contribution in [0.1, 0.15) is 30.4 Å². The van der Waals surface area contributed by atoms with Crippen LogP contribution in [0.3, 0.4) is 0 Å². The van der Waals surface area contributed by atoms with Crippen molar-refractivity contribution in [2.75, 3.05) is 25.9 Å². The molecule has 0 N–H and O–H groups in total. The van der Waals surface area contributed by atoms with Crippen LogP contribution in [0.2, 0.25) is 5.02 Å². The van der Waals surface area contributed by atoms with E-state index in [1.165, 1.54) is 54.8 Å². The lowest BCUT2D eigenvalue weighted by Gasteiger charge is -2.33. The predicted molar refractivity (Wildman–Crippen MR) is 111 cm³/mol. The molecule has 0 amide bonds. The highest BCUT2D eigenvalue weighted by molar-refractivity contribution is 7.98. The van der Waals surface area contributed by atoms with Crippen LogP contribution in [0.5, 0.6) is 0 Å². The fourth-order valence-electron chi connectivity index (χ4n) is 3.73. The van der Waals surface area contributed by atoms with E-state index >= 15 is 0 Å². The average molecular weight is 374 g/mol. The van der Waals surface area contributed by atoms with E-state index in [2.05, 4.69) is 53.6 Å². The zero-order valence-corrected chi connectivity index (χ0v) is 16.7. The summed E-state index contributed by atoms with van der Waals surface area (Å²) in [5.41, 5.74) is 2.83. The lowest BCUT2D eigenvalue weighted by atomic mass is 9.91. The number of thioether (sulfide) groups is 1. The van der Waals surface area contributed by atoms with Gasteiger partial charge >= 0.3 is 0 Å². The van der Waals surface area contributed by atoms with E-state index in [4.69, 9.17) is 11.6 Å². The number of hydrogen-bond acceptors (Lipinski definition) is 2. The molecule has 0 aliphatic carbocycles. The van der Waals surface area contributed by atoms with E-state index in [-0.39, 0.29) is 0 Å². The summed E-state index contributed by atoms with van der Waals surface area (Å²) in [7, 11) is 0. The van der Waals surface area contributed by atoms with Gasteiger partial charge in [-0.15, -0.1) is 11.8 Å². The lowest BCUT2D eigenvalue weighted by molar-refractivity contribution is 0.170. The van der Waals surface area contributed by atoms with Crippen LogP contribution in [0, 0.1) is 5.92 Å². The number of rotatable bonds is 7. The zero-order valence-electron chi connectivity index (χ0n) is 15.1. The molecule has 1 aliphatic heterocycles. The van der Waals surface area contributed by atoms with Gasteiger partial charge in [0.25, 0.3) is 0 Å². The summed E-state index contributed by atoms with van der Waals surface area (Å²) in [6.45, 7) is 3.65. The first-order chi connectivity index (χ1) is 12.2.